The van der Waals surface area contributed by atoms with Gasteiger partial charge in [-0.2, -0.15) is 0 Å². The van der Waals surface area contributed by atoms with Crippen molar-refractivity contribution in [1.29, 1.82) is 0 Å². The molecular weight excluding hydrogens is 250 g/mol. The number of para-hydroxylation sites is 1. The third kappa shape index (κ3) is 3.04. The van der Waals surface area contributed by atoms with Gasteiger partial charge in [-0.3, -0.25) is 4.79 Å². The first-order valence-corrected chi connectivity index (χ1v) is 7.42. The minimum atomic E-state index is -0.240. The Morgan fingerprint density at radius 3 is 2.45 bits per heavy atom. The Labute approximate surface area is 121 Å². The number of rotatable bonds is 5. The van der Waals surface area contributed by atoms with Crippen molar-refractivity contribution in [2.24, 2.45) is 5.41 Å². The molecule has 3 heteroatoms. The first-order valence-electron chi connectivity index (χ1n) is 7.42. The van der Waals surface area contributed by atoms with Crippen LogP contribution >= 0.6 is 0 Å². The molecule has 0 N–H and O–H groups in total. The molecule has 20 heavy (non-hydrogen) atoms. The molecule has 0 spiro atoms. The normalized spacial score (nSPS) is 18.0. The highest BCUT2D eigenvalue weighted by molar-refractivity contribution is 6.03. The number of carbonyl (C=O) groups is 1. The zero-order valence-electron chi connectivity index (χ0n) is 12.8. The number of ketones is 1. The molecule has 110 valence electrons. The van der Waals surface area contributed by atoms with Gasteiger partial charge in [-0.15, -0.1) is 0 Å². The van der Waals surface area contributed by atoms with Crippen LogP contribution in [0.4, 0.5) is 0 Å². The second-order valence-corrected chi connectivity index (χ2v) is 6.11. The first-order chi connectivity index (χ1) is 9.59. The lowest BCUT2D eigenvalue weighted by Gasteiger charge is -2.38. The molecule has 1 saturated carbocycles. The summed E-state index contributed by atoms with van der Waals surface area (Å²) in [5, 5.41) is 0. The van der Waals surface area contributed by atoms with Crippen molar-refractivity contribution >= 4 is 5.78 Å². The second kappa shape index (κ2) is 6.40. The third-order valence-corrected chi connectivity index (χ3v) is 4.26. The fourth-order valence-electron chi connectivity index (χ4n) is 3.41. The first kappa shape index (κ1) is 15.0. The molecule has 0 atom stereocenters. The maximum Gasteiger partial charge on any atom is 0.174 e. The zero-order valence-corrected chi connectivity index (χ0v) is 12.8. The fourth-order valence-corrected chi connectivity index (χ4v) is 3.41. The van der Waals surface area contributed by atoms with Gasteiger partial charge in [0.2, 0.25) is 0 Å². The lowest BCUT2D eigenvalue weighted by Crippen LogP contribution is -2.42. The topological polar surface area (TPSA) is 29.5 Å². The summed E-state index contributed by atoms with van der Waals surface area (Å²) in [6.45, 7) is 0.823. The van der Waals surface area contributed by atoms with Crippen LogP contribution in [-0.4, -0.2) is 38.4 Å². The van der Waals surface area contributed by atoms with Gasteiger partial charge in [0.25, 0.3) is 0 Å². The minimum absolute atomic E-state index is 0.240. The highest BCUT2D eigenvalue weighted by atomic mass is 16.5. The van der Waals surface area contributed by atoms with Gasteiger partial charge in [-0.1, -0.05) is 31.4 Å². The lowest BCUT2D eigenvalue weighted by molar-refractivity contribution is 0.0635. The smallest absolute Gasteiger partial charge is 0.174 e. The van der Waals surface area contributed by atoms with Gasteiger partial charge in [0.1, 0.15) is 5.75 Å². The standard InChI is InChI=1S/C17H25NO2/c1-18(2)13-17(11-7-4-8-12-17)16(19)14-9-5-6-10-15(14)20-3/h5-6,9-10H,4,7-8,11-13H2,1-3H3. The van der Waals surface area contributed by atoms with E-state index in [1.54, 1.807) is 7.11 Å². The van der Waals surface area contributed by atoms with E-state index in [2.05, 4.69) is 4.90 Å². The number of Topliss-reactive ketones (excluding diaryl/α,β-unsaturated/α-hetero) is 1. The largest absolute Gasteiger partial charge is 0.496 e. The molecule has 0 heterocycles. The number of carbonyl (C=O) groups excluding carboxylic acids is 1. The van der Waals surface area contributed by atoms with E-state index in [0.717, 1.165) is 37.8 Å². The molecule has 0 bridgehead atoms. The average molecular weight is 275 g/mol. The van der Waals surface area contributed by atoms with Gasteiger partial charge in [-0.25, -0.2) is 0 Å². The van der Waals surface area contributed by atoms with Gasteiger partial charge in [0.05, 0.1) is 12.7 Å². The van der Waals surface area contributed by atoms with E-state index in [1.807, 2.05) is 38.4 Å². The van der Waals surface area contributed by atoms with E-state index in [9.17, 15) is 4.79 Å². The van der Waals surface area contributed by atoms with Gasteiger partial charge < -0.3 is 9.64 Å². The summed E-state index contributed by atoms with van der Waals surface area (Å²) in [6, 6.07) is 7.60. The number of ether oxygens (including phenoxy) is 1. The van der Waals surface area contributed by atoms with E-state index >= 15 is 0 Å². The Morgan fingerprint density at radius 2 is 1.85 bits per heavy atom. The van der Waals surface area contributed by atoms with Crippen LogP contribution in [0.25, 0.3) is 0 Å². The fraction of sp³-hybridized carbons (Fsp3) is 0.588. The van der Waals surface area contributed by atoms with Crippen LogP contribution in [0.2, 0.25) is 0 Å². The van der Waals surface area contributed by atoms with E-state index < -0.39 is 0 Å². The van der Waals surface area contributed by atoms with Crippen molar-refractivity contribution < 1.29 is 9.53 Å². The highest BCUT2D eigenvalue weighted by Gasteiger charge is 2.41. The van der Waals surface area contributed by atoms with Crippen molar-refractivity contribution in [1.82, 2.24) is 4.90 Å². The Kier molecular flexibility index (Phi) is 4.81. The predicted octanol–water partition coefficient (Wildman–Crippen LogP) is 3.39. The van der Waals surface area contributed by atoms with Crippen LogP contribution < -0.4 is 4.74 Å². The van der Waals surface area contributed by atoms with Crippen LogP contribution in [0.5, 0.6) is 5.75 Å². The van der Waals surface area contributed by atoms with Gasteiger partial charge in [0, 0.05) is 12.0 Å². The van der Waals surface area contributed by atoms with Crippen molar-refractivity contribution in [2.45, 2.75) is 32.1 Å². The van der Waals surface area contributed by atoms with Crippen LogP contribution in [0.15, 0.2) is 24.3 Å². The Morgan fingerprint density at radius 1 is 1.20 bits per heavy atom. The third-order valence-electron chi connectivity index (χ3n) is 4.26. The molecule has 0 saturated heterocycles. The van der Waals surface area contributed by atoms with E-state index in [0.29, 0.717) is 5.75 Å². The molecule has 1 aliphatic carbocycles. The molecule has 2 rings (SSSR count). The Bertz CT molecular complexity index is 462. The minimum Gasteiger partial charge on any atom is -0.496 e. The van der Waals surface area contributed by atoms with Gasteiger partial charge in [-0.05, 0) is 39.1 Å². The molecule has 0 aromatic heterocycles. The molecule has 0 amide bonds. The van der Waals surface area contributed by atoms with E-state index in [1.165, 1.54) is 6.42 Å². The number of hydrogen-bond donors (Lipinski definition) is 0. The number of methoxy groups -OCH3 is 1. The molecule has 1 aromatic rings. The predicted molar refractivity (Wildman–Crippen MR) is 81.4 cm³/mol. The summed E-state index contributed by atoms with van der Waals surface area (Å²) in [6.07, 6.45) is 5.52. The zero-order chi connectivity index (χ0) is 14.6. The summed E-state index contributed by atoms with van der Waals surface area (Å²) in [5.74, 6) is 0.949. The molecule has 1 aromatic carbocycles. The van der Waals surface area contributed by atoms with Crippen molar-refractivity contribution in [2.75, 3.05) is 27.7 Å². The molecule has 1 fully saturated rings. The maximum absolute atomic E-state index is 13.1. The summed E-state index contributed by atoms with van der Waals surface area (Å²) in [5.41, 5.74) is 0.495. The van der Waals surface area contributed by atoms with Crippen molar-refractivity contribution in [3.8, 4) is 5.75 Å². The van der Waals surface area contributed by atoms with E-state index in [4.69, 9.17) is 4.74 Å². The summed E-state index contributed by atoms with van der Waals surface area (Å²) in [7, 11) is 5.73. The van der Waals surface area contributed by atoms with Crippen molar-refractivity contribution in [3.05, 3.63) is 29.8 Å². The number of benzene rings is 1. The molecule has 0 aliphatic heterocycles. The SMILES string of the molecule is COc1ccccc1C(=O)C1(CN(C)C)CCCCC1. The number of nitrogens with zero attached hydrogens (tertiary/aromatic N) is 1. The summed E-state index contributed by atoms with van der Waals surface area (Å²) >= 11 is 0. The Balaban J connectivity index is 2.35. The summed E-state index contributed by atoms with van der Waals surface area (Å²) in [4.78, 5) is 15.3. The lowest BCUT2D eigenvalue weighted by atomic mass is 9.69. The van der Waals surface area contributed by atoms with Crippen LogP contribution in [0.1, 0.15) is 42.5 Å². The summed E-state index contributed by atoms with van der Waals surface area (Å²) < 4.78 is 5.37. The second-order valence-electron chi connectivity index (χ2n) is 6.11. The molecule has 3 nitrogen and oxygen atoms in total. The van der Waals surface area contributed by atoms with Crippen molar-refractivity contribution in [3.63, 3.8) is 0 Å². The quantitative estimate of drug-likeness (QED) is 0.771. The average Bonchev–Trinajstić information content (AvgIpc) is 2.46. The molecule has 0 radical (unpaired) electrons. The van der Waals surface area contributed by atoms with Crippen LogP contribution in [0.3, 0.4) is 0 Å². The molecular formula is C17H25NO2. The monoisotopic (exact) mass is 275 g/mol. The highest BCUT2D eigenvalue weighted by Crippen LogP contribution is 2.41. The molecule has 1 aliphatic rings. The Hall–Kier alpha value is -1.35. The maximum atomic E-state index is 13.1. The van der Waals surface area contributed by atoms with E-state index in [-0.39, 0.29) is 11.2 Å². The van der Waals surface area contributed by atoms with Gasteiger partial charge in [0.15, 0.2) is 5.78 Å². The van der Waals surface area contributed by atoms with Crippen LogP contribution in [0, 0.1) is 5.41 Å². The number of hydrogen-bond acceptors (Lipinski definition) is 3. The molecule has 0 unspecified atom stereocenters. The van der Waals surface area contributed by atoms with Crippen LogP contribution in [-0.2, 0) is 0 Å². The van der Waals surface area contributed by atoms with Gasteiger partial charge >= 0.3 is 0 Å².